The zero-order chi connectivity index (χ0) is 12.8. The molecule has 0 aromatic heterocycles. The molecule has 98 valence electrons. The fourth-order valence-electron chi connectivity index (χ4n) is 2.38. The second-order valence-electron chi connectivity index (χ2n) is 4.73. The summed E-state index contributed by atoms with van der Waals surface area (Å²) in [5.74, 6) is 0.666. The van der Waals surface area contributed by atoms with Crippen LogP contribution in [0.1, 0.15) is 49.4 Å². The Hall–Kier alpha value is -1.51. The number of hydrogen-bond acceptors (Lipinski definition) is 2. The summed E-state index contributed by atoms with van der Waals surface area (Å²) >= 11 is 0. The van der Waals surface area contributed by atoms with E-state index in [0.717, 1.165) is 18.6 Å². The minimum atomic E-state index is -0.0519. The summed E-state index contributed by atoms with van der Waals surface area (Å²) in [7, 11) is 0. The summed E-state index contributed by atoms with van der Waals surface area (Å²) < 4.78 is 5.99. The van der Waals surface area contributed by atoms with Crippen LogP contribution in [0, 0.1) is 0 Å². The molecule has 0 unspecified atom stereocenters. The van der Waals surface area contributed by atoms with E-state index in [0.29, 0.717) is 12.1 Å². The van der Waals surface area contributed by atoms with E-state index in [-0.39, 0.29) is 12.0 Å². The number of benzene rings is 1. The summed E-state index contributed by atoms with van der Waals surface area (Å²) in [6.07, 6.45) is 6.24. The summed E-state index contributed by atoms with van der Waals surface area (Å²) in [6.45, 7) is 2.55. The van der Waals surface area contributed by atoms with Crippen molar-refractivity contribution in [3.63, 3.8) is 0 Å². The Labute approximate surface area is 109 Å². The average molecular weight is 247 g/mol. The SMILES string of the molecule is CCNC(=O)c1ccccc1OC1CCCCC1. The van der Waals surface area contributed by atoms with Crippen LogP contribution in [0.25, 0.3) is 0 Å². The Morgan fingerprint density at radius 2 is 2.00 bits per heavy atom. The van der Waals surface area contributed by atoms with Crippen LogP contribution in [-0.2, 0) is 0 Å². The fourth-order valence-corrected chi connectivity index (χ4v) is 2.38. The normalized spacial score (nSPS) is 16.3. The lowest BCUT2D eigenvalue weighted by Gasteiger charge is -2.24. The molecule has 1 amide bonds. The fraction of sp³-hybridized carbons (Fsp3) is 0.533. The minimum Gasteiger partial charge on any atom is -0.490 e. The zero-order valence-electron chi connectivity index (χ0n) is 10.9. The first kappa shape index (κ1) is 12.9. The molecule has 0 atom stereocenters. The lowest BCUT2D eigenvalue weighted by Crippen LogP contribution is -2.25. The van der Waals surface area contributed by atoms with Crippen LogP contribution in [0.4, 0.5) is 0 Å². The summed E-state index contributed by atoms with van der Waals surface area (Å²) in [6, 6.07) is 7.50. The first-order valence-electron chi connectivity index (χ1n) is 6.85. The van der Waals surface area contributed by atoms with Gasteiger partial charge in [-0.15, -0.1) is 0 Å². The van der Waals surface area contributed by atoms with Gasteiger partial charge in [0.15, 0.2) is 0 Å². The van der Waals surface area contributed by atoms with Gasteiger partial charge in [-0.1, -0.05) is 18.6 Å². The Kier molecular flexibility index (Phi) is 4.62. The van der Waals surface area contributed by atoms with Gasteiger partial charge in [-0.25, -0.2) is 0 Å². The van der Waals surface area contributed by atoms with Crippen LogP contribution in [0.15, 0.2) is 24.3 Å². The third-order valence-corrected chi connectivity index (χ3v) is 3.31. The quantitative estimate of drug-likeness (QED) is 0.887. The topological polar surface area (TPSA) is 38.3 Å². The third-order valence-electron chi connectivity index (χ3n) is 3.31. The van der Waals surface area contributed by atoms with Crippen molar-refractivity contribution in [1.82, 2.24) is 5.32 Å². The molecule has 1 saturated carbocycles. The van der Waals surface area contributed by atoms with E-state index in [2.05, 4.69) is 5.32 Å². The number of para-hydroxylation sites is 1. The lowest BCUT2D eigenvalue weighted by molar-refractivity contribution is 0.0944. The Morgan fingerprint density at radius 1 is 1.28 bits per heavy atom. The molecule has 3 heteroatoms. The van der Waals surface area contributed by atoms with Gasteiger partial charge in [0.25, 0.3) is 5.91 Å². The standard InChI is InChI=1S/C15H21NO2/c1-2-16-15(17)13-10-6-7-11-14(13)18-12-8-4-3-5-9-12/h6-7,10-12H,2-5,8-9H2,1H3,(H,16,17). The van der Waals surface area contributed by atoms with Crippen LogP contribution in [0.5, 0.6) is 5.75 Å². The third kappa shape index (κ3) is 3.25. The van der Waals surface area contributed by atoms with Gasteiger partial charge in [-0.2, -0.15) is 0 Å². The van der Waals surface area contributed by atoms with Crippen molar-refractivity contribution >= 4 is 5.91 Å². The first-order chi connectivity index (χ1) is 8.81. The van der Waals surface area contributed by atoms with Gasteiger partial charge in [0.1, 0.15) is 5.75 Å². The predicted molar refractivity (Wildman–Crippen MR) is 72.0 cm³/mol. The molecular weight excluding hydrogens is 226 g/mol. The van der Waals surface area contributed by atoms with Crippen LogP contribution in [0.3, 0.4) is 0 Å². The maximum absolute atomic E-state index is 11.9. The number of ether oxygens (including phenoxy) is 1. The zero-order valence-corrected chi connectivity index (χ0v) is 10.9. The van der Waals surface area contributed by atoms with Crippen LogP contribution < -0.4 is 10.1 Å². The molecule has 0 heterocycles. The second kappa shape index (κ2) is 6.43. The number of hydrogen-bond donors (Lipinski definition) is 1. The minimum absolute atomic E-state index is 0.0519. The van der Waals surface area contributed by atoms with E-state index < -0.39 is 0 Å². The van der Waals surface area contributed by atoms with Gasteiger partial charge in [-0.05, 0) is 44.7 Å². The molecule has 3 nitrogen and oxygen atoms in total. The van der Waals surface area contributed by atoms with Crippen molar-refractivity contribution in [2.45, 2.75) is 45.1 Å². The number of rotatable bonds is 4. The van der Waals surface area contributed by atoms with Crippen LogP contribution >= 0.6 is 0 Å². The van der Waals surface area contributed by atoms with Crippen molar-refractivity contribution in [2.75, 3.05) is 6.54 Å². The van der Waals surface area contributed by atoms with Crippen molar-refractivity contribution in [2.24, 2.45) is 0 Å². The molecule has 1 aromatic rings. The molecular formula is C15H21NO2. The van der Waals surface area contributed by atoms with Gasteiger partial charge in [0.2, 0.25) is 0 Å². The molecule has 1 N–H and O–H groups in total. The smallest absolute Gasteiger partial charge is 0.255 e. The second-order valence-corrected chi connectivity index (χ2v) is 4.73. The van der Waals surface area contributed by atoms with E-state index in [1.807, 2.05) is 31.2 Å². The van der Waals surface area contributed by atoms with E-state index in [9.17, 15) is 4.79 Å². The highest BCUT2D eigenvalue weighted by atomic mass is 16.5. The van der Waals surface area contributed by atoms with Crippen LogP contribution in [0.2, 0.25) is 0 Å². The van der Waals surface area contributed by atoms with Crippen molar-refractivity contribution in [3.05, 3.63) is 29.8 Å². The molecule has 1 fully saturated rings. The van der Waals surface area contributed by atoms with Gasteiger partial charge in [-0.3, -0.25) is 4.79 Å². The number of nitrogens with one attached hydrogen (secondary N) is 1. The number of carbonyl (C=O) groups excluding carboxylic acids is 1. The highest BCUT2D eigenvalue weighted by molar-refractivity contribution is 5.96. The molecule has 0 spiro atoms. The van der Waals surface area contributed by atoms with Gasteiger partial charge >= 0.3 is 0 Å². The Bertz CT molecular complexity index is 397. The molecule has 0 saturated heterocycles. The van der Waals surface area contributed by atoms with Gasteiger partial charge in [0.05, 0.1) is 11.7 Å². The maximum atomic E-state index is 11.9. The summed E-state index contributed by atoms with van der Waals surface area (Å²) in [4.78, 5) is 11.9. The van der Waals surface area contributed by atoms with Gasteiger partial charge < -0.3 is 10.1 Å². The largest absolute Gasteiger partial charge is 0.490 e. The Morgan fingerprint density at radius 3 is 2.72 bits per heavy atom. The molecule has 0 aliphatic heterocycles. The van der Waals surface area contributed by atoms with Crippen molar-refractivity contribution < 1.29 is 9.53 Å². The lowest BCUT2D eigenvalue weighted by atomic mass is 9.97. The van der Waals surface area contributed by atoms with E-state index in [1.165, 1.54) is 19.3 Å². The highest BCUT2D eigenvalue weighted by Crippen LogP contribution is 2.25. The summed E-state index contributed by atoms with van der Waals surface area (Å²) in [5.41, 5.74) is 0.643. The Balaban J connectivity index is 2.08. The molecule has 1 aliphatic carbocycles. The summed E-state index contributed by atoms with van der Waals surface area (Å²) in [5, 5.41) is 2.82. The average Bonchev–Trinajstić information content (AvgIpc) is 2.41. The monoisotopic (exact) mass is 247 g/mol. The number of amides is 1. The van der Waals surface area contributed by atoms with Crippen LogP contribution in [-0.4, -0.2) is 18.6 Å². The molecule has 1 aromatic carbocycles. The molecule has 2 rings (SSSR count). The van der Waals surface area contributed by atoms with E-state index in [4.69, 9.17) is 4.74 Å². The van der Waals surface area contributed by atoms with Crippen molar-refractivity contribution in [3.8, 4) is 5.75 Å². The van der Waals surface area contributed by atoms with E-state index in [1.54, 1.807) is 0 Å². The molecule has 18 heavy (non-hydrogen) atoms. The molecule has 0 bridgehead atoms. The predicted octanol–water partition coefficient (Wildman–Crippen LogP) is 3.15. The number of carbonyl (C=O) groups is 1. The van der Waals surface area contributed by atoms with E-state index >= 15 is 0 Å². The first-order valence-corrected chi connectivity index (χ1v) is 6.85. The highest BCUT2D eigenvalue weighted by Gasteiger charge is 2.18. The van der Waals surface area contributed by atoms with Crippen molar-refractivity contribution in [1.29, 1.82) is 0 Å². The molecule has 1 aliphatic rings. The molecule has 0 radical (unpaired) electrons. The van der Waals surface area contributed by atoms with Gasteiger partial charge in [0, 0.05) is 6.54 Å². The maximum Gasteiger partial charge on any atom is 0.255 e.